The van der Waals surface area contributed by atoms with Crippen LogP contribution in [0, 0.1) is 11.8 Å². The average molecular weight is 456 g/mol. The first kappa shape index (κ1) is 22.8. The van der Waals surface area contributed by atoms with E-state index in [1.54, 1.807) is 25.1 Å². The number of nitrogens with two attached hydrogens (primary N) is 2. The van der Waals surface area contributed by atoms with Crippen LogP contribution in [-0.4, -0.2) is 77.5 Å². The standard InChI is InChI=1S/C23H28N4O6/c1-26(2)12-5-6-13(28)15-10(12)7-9-8-11-17(27(3)4)19(30)16(22(25)32)21(31)23(11,33)20(24)14(9)18(15)29/h5-6,9,11,17,28,31,33H,7-8,24H2,1-4H3,(H2,25,32)/t9-,11-,17-,23-/m1/s1. The first-order valence-corrected chi connectivity index (χ1v) is 10.6. The minimum atomic E-state index is -2.33. The number of rotatable bonds is 3. The normalized spacial score (nSPS) is 29.1. The van der Waals surface area contributed by atoms with Gasteiger partial charge in [0.1, 0.15) is 17.1 Å². The van der Waals surface area contributed by atoms with Gasteiger partial charge in [-0.15, -0.1) is 0 Å². The molecule has 0 spiro atoms. The highest BCUT2D eigenvalue weighted by atomic mass is 16.3. The van der Waals surface area contributed by atoms with E-state index < -0.39 is 52.3 Å². The summed E-state index contributed by atoms with van der Waals surface area (Å²) < 4.78 is 0. The van der Waals surface area contributed by atoms with Gasteiger partial charge in [-0.1, -0.05) is 0 Å². The maximum Gasteiger partial charge on any atom is 0.255 e. The van der Waals surface area contributed by atoms with Gasteiger partial charge in [-0.05, 0) is 50.6 Å². The van der Waals surface area contributed by atoms with Crippen LogP contribution in [0.4, 0.5) is 5.69 Å². The van der Waals surface area contributed by atoms with Crippen molar-refractivity contribution in [2.45, 2.75) is 24.5 Å². The van der Waals surface area contributed by atoms with Crippen LogP contribution in [0.3, 0.4) is 0 Å². The number of ketones is 2. The van der Waals surface area contributed by atoms with Crippen molar-refractivity contribution in [2.24, 2.45) is 23.3 Å². The van der Waals surface area contributed by atoms with Crippen LogP contribution in [-0.2, 0) is 16.0 Å². The summed E-state index contributed by atoms with van der Waals surface area (Å²) in [6.07, 6.45) is 0.484. The van der Waals surface area contributed by atoms with Gasteiger partial charge in [-0.25, -0.2) is 0 Å². The molecular formula is C23H28N4O6. The maximum absolute atomic E-state index is 13.6. The Morgan fingerprint density at radius 2 is 1.79 bits per heavy atom. The highest BCUT2D eigenvalue weighted by Gasteiger charge is 2.61. The van der Waals surface area contributed by atoms with Crippen molar-refractivity contribution < 1.29 is 29.7 Å². The number of nitrogens with zero attached hydrogens (tertiary/aromatic N) is 2. The summed E-state index contributed by atoms with van der Waals surface area (Å²) in [4.78, 5) is 42.1. The van der Waals surface area contributed by atoms with Crippen LogP contribution in [0.15, 0.2) is 34.7 Å². The van der Waals surface area contributed by atoms with E-state index in [9.17, 15) is 29.7 Å². The number of carbonyl (C=O) groups excluding carboxylic acids is 3. The van der Waals surface area contributed by atoms with Gasteiger partial charge in [-0.3, -0.25) is 19.3 Å². The van der Waals surface area contributed by atoms with Crippen molar-refractivity contribution in [3.63, 3.8) is 0 Å². The third kappa shape index (κ3) is 2.90. The number of fused-ring (bicyclic) bond motifs is 3. The lowest BCUT2D eigenvalue weighted by Crippen LogP contribution is -2.64. The van der Waals surface area contributed by atoms with Gasteiger partial charge in [0.25, 0.3) is 5.91 Å². The summed E-state index contributed by atoms with van der Waals surface area (Å²) in [6, 6.07) is 2.15. The Morgan fingerprint density at radius 1 is 1.15 bits per heavy atom. The highest BCUT2D eigenvalue weighted by molar-refractivity contribution is 6.22. The number of primary amides is 1. The molecular weight excluding hydrogens is 428 g/mol. The molecule has 0 bridgehead atoms. The Labute approximate surface area is 190 Å². The Hall–Kier alpha value is -3.37. The summed E-state index contributed by atoms with van der Waals surface area (Å²) >= 11 is 0. The Balaban J connectivity index is 2.00. The molecule has 1 aromatic rings. The molecule has 0 radical (unpaired) electrons. The molecule has 4 rings (SSSR count). The van der Waals surface area contributed by atoms with Crippen LogP contribution in [0.1, 0.15) is 22.3 Å². The van der Waals surface area contributed by atoms with Crippen LogP contribution in [0.5, 0.6) is 5.75 Å². The third-order valence-electron chi connectivity index (χ3n) is 7.15. The van der Waals surface area contributed by atoms with Crippen molar-refractivity contribution >= 4 is 23.2 Å². The lowest BCUT2D eigenvalue weighted by molar-refractivity contribution is -0.134. The first-order chi connectivity index (χ1) is 15.3. The molecule has 3 aliphatic carbocycles. The zero-order valence-corrected chi connectivity index (χ0v) is 18.9. The first-order valence-electron chi connectivity index (χ1n) is 10.6. The van der Waals surface area contributed by atoms with E-state index in [1.807, 2.05) is 19.0 Å². The summed E-state index contributed by atoms with van der Waals surface area (Å²) in [5.74, 6) is -4.99. The number of hydrogen-bond acceptors (Lipinski definition) is 9. The van der Waals surface area contributed by atoms with Crippen LogP contribution in [0.25, 0.3) is 0 Å². The monoisotopic (exact) mass is 456 g/mol. The Bertz CT molecular complexity index is 1170. The molecule has 176 valence electrons. The third-order valence-corrected chi connectivity index (χ3v) is 7.15. The number of anilines is 1. The second kappa shape index (κ2) is 7.32. The second-order valence-corrected chi connectivity index (χ2v) is 9.38. The molecule has 0 saturated heterocycles. The van der Waals surface area contributed by atoms with Gasteiger partial charge in [0.05, 0.1) is 17.3 Å². The zero-order valence-electron chi connectivity index (χ0n) is 18.9. The van der Waals surface area contributed by atoms with Crippen LogP contribution in [0.2, 0.25) is 0 Å². The number of aromatic hydroxyl groups is 1. The molecule has 0 fully saturated rings. The molecule has 1 amide bonds. The van der Waals surface area contributed by atoms with E-state index >= 15 is 0 Å². The number of phenolic OH excluding ortho intramolecular Hbond substituents is 1. The van der Waals surface area contributed by atoms with E-state index in [2.05, 4.69) is 0 Å². The van der Waals surface area contributed by atoms with Crippen molar-refractivity contribution in [3.8, 4) is 5.75 Å². The number of benzene rings is 1. The van der Waals surface area contributed by atoms with Gasteiger partial charge in [-0.2, -0.15) is 0 Å². The molecule has 10 nitrogen and oxygen atoms in total. The van der Waals surface area contributed by atoms with Gasteiger partial charge in [0, 0.05) is 31.3 Å². The molecule has 0 unspecified atom stereocenters. The SMILES string of the molecule is CN(C)c1ccc(O)c2c1C[C@@H]1C[C@@H]3[C@@H](N(C)C)C(=O)C(C(N)=O)=C(O)[C@]3(O)C(N)=C1C2=O. The smallest absolute Gasteiger partial charge is 0.255 e. The number of hydrogen-bond donors (Lipinski definition) is 5. The molecule has 3 aliphatic rings. The number of aliphatic hydroxyl groups excluding tert-OH is 1. The minimum Gasteiger partial charge on any atom is -0.508 e. The number of phenols is 1. The largest absolute Gasteiger partial charge is 0.508 e. The number of amides is 1. The maximum atomic E-state index is 13.6. The summed E-state index contributed by atoms with van der Waals surface area (Å²) in [6.45, 7) is 0. The van der Waals surface area contributed by atoms with Crippen LogP contribution < -0.4 is 16.4 Å². The van der Waals surface area contributed by atoms with E-state index in [0.717, 1.165) is 5.69 Å². The summed E-state index contributed by atoms with van der Waals surface area (Å²) in [5, 5.41) is 33.1. The fraction of sp³-hybridized carbons (Fsp3) is 0.435. The molecule has 0 aliphatic heterocycles. The number of aliphatic hydroxyl groups is 2. The fourth-order valence-electron chi connectivity index (χ4n) is 5.73. The van der Waals surface area contributed by atoms with E-state index in [-0.39, 0.29) is 29.0 Å². The Kier molecular flexibility index (Phi) is 5.06. The quantitative estimate of drug-likeness (QED) is 0.379. The predicted octanol–water partition coefficient (Wildman–Crippen LogP) is -0.413. The van der Waals surface area contributed by atoms with Gasteiger partial charge >= 0.3 is 0 Å². The van der Waals surface area contributed by atoms with Crippen molar-refractivity contribution in [1.29, 1.82) is 0 Å². The number of allylic oxidation sites excluding steroid dienone is 1. The molecule has 1 aromatic carbocycles. The van der Waals surface area contributed by atoms with Crippen molar-refractivity contribution in [2.75, 3.05) is 33.1 Å². The second-order valence-electron chi connectivity index (χ2n) is 9.38. The van der Waals surface area contributed by atoms with E-state index in [0.29, 0.717) is 12.0 Å². The molecule has 10 heteroatoms. The molecule has 0 aromatic heterocycles. The van der Waals surface area contributed by atoms with Gasteiger partial charge in [0.15, 0.2) is 17.2 Å². The molecule has 33 heavy (non-hydrogen) atoms. The minimum absolute atomic E-state index is 0.0645. The number of carbonyl (C=O) groups is 3. The lowest BCUT2D eigenvalue weighted by Gasteiger charge is -2.51. The average Bonchev–Trinajstić information content (AvgIpc) is 2.70. The van der Waals surface area contributed by atoms with Crippen LogP contribution >= 0.6 is 0 Å². The summed E-state index contributed by atoms with van der Waals surface area (Å²) in [7, 11) is 6.88. The number of Topliss-reactive ketones (excluding diaryl/α,β-unsaturated/α-hetero) is 2. The molecule has 4 atom stereocenters. The summed E-state index contributed by atoms with van der Waals surface area (Å²) in [5.41, 5.74) is 9.91. The highest BCUT2D eigenvalue weighted by Crippen LogP contribution is 2.53. The molecule has 7 N–H and O–H groups in total. The van der Waals surface area contributed by atoms with Crippen molar-refractivity contribution in [3.05, 3.63) is 45.9 Å². The number of likely N-dealkylation sites (N-methyl/N-ethyl adjacent to an activating group) is 1. The molecule has 0 heterocycles. The van der Waals surface area contributed by atoms with Gasteiger partial charge < -0.3 is 31.7 Å². The van der Waals surface area contributed by atoms with E-state index in [1.165, 1.54) is 6.07 Å². The zero-order chi connectivity index (χ0) is 24.6. The predicted molar refractivity (Wildman–Crippen MR) is 120 cm³/mol. The van der Waals surface area contributed by atoms with Crippen molar-refractivity contribution in [1.82, 2.24) is 4.90 Å². The fourth-order valence-corrected chi connectivity index (χ4v) is 5.73. The van der Waals surface area contributed by atoms with E-state index in [4.69, 9.17) is 11.5 Å². The Morgan fingerprint density at radius 3 is 2.33 bits per heavy atom. The lowest BCUT2D eigenvalue weighted by atomic mass is 9.58. The molecule has 0 saturated carbocycles. The van der Waals surface area contributed by atoms with Gasteiger partial charge in [0.2, 0.25) is 0 Å². The topological polar surface area (TPSA) is 170 Å².